The number of aliphatic hydroxyl groups is 2. The second kappa shape index (κ2) is 41.8. The number of aliphatic hydroxyl groups excluding tert-OH is 2. The number of amides is 1. The van der Waals surface area contributed by atoms with Gasteiger partial charge in [-0.15, -0.1) is 0 Å². The summed E-state index contributed by atoms with van der Waals surface area (Å²) >= 11 is 0. The maximum atomic E-state index is 13.1. The summed E-state index contributed by atoms with van der Waals surface area (Å²) in [5.41, 5.74) is 0. The summed E-state index contributed by atoms with van der Waals surface area (Å²) in [6.07, 6.45) is 44.2. The number of esters is 1. The smallest absolute Gasteiger partial charge is 0.306 e. The Morgan fingerprint density at radius 3 is 1.40 bits per heavy atom. The average molecular weight is 750 g/mol. The van der Waals surface area contributed by atoms with Gasteiger partial charge in [-0.1, -0.05) is 206 Å². The van der Waals surface area contributed by atoms with E-state index in [2.05, 4.69) is 38.2 Å². The molecule has 53 heavy (non-hydrogen) atoms. The highest BCUT2D eigenvalue weighted by atomic mass is 16.5. The highest BCUT2D eigenvalue weighted by Crippen LogP contribution is 2.18. The Bertz CT molecular complexity index is 802. The lowest BCUT2D eigenvalue weighted by Gasteiger charge is -2.24. The van der Waals surface area contributed by atoms with Crippen LogP contribution in [-0.2, 0) is 14.3 Å². The van der Waals surface area contributed by atoms with Gasteiger partial charge >= 0.3 is 5.97 Å². The van der Waals surface area contributed by atoms with E-state index < -0.39 is 18.2 Å². The maximum absolute atomic E-state index is 13.1. The van der Waals surface area contributed by atoms with Crippen LogP contribution in [0.25, 0.3) is 0 Å². The summed E-state index contributed by atoms with van der Waals surface area (Å²) < 4.78 is 5.89. The Labute approximate surface area is 329 Å². The first-order chi connectivity index (χ1) is 26.0. The Balaban J connectivity index is 4.48. The van der Waals surface area contributed by atoms with Crippen molar-refractivity contribution < 1.29 is 24.5 Å². The van der Waals surface area contributed by atoms with Gasteiger partial charge in [0.15, 0.2) is 0 Å². The fourth-order valence-electron chi connectivity index (χ4n) is 7.23. The van der Waals surface area contributed by atoms with Gasteiger partial charge in [0.25, 0.3) is 0 Å². The predicted molar refractivity (Wildman–Crippen MR) is 227 cm³/mol. The zero-order valence-electron chi connectivity index (χ0n) is 35.7. The van der Waals surface area contributed by atoms with Gasteiger partial charge in [-0.3, -0.25) is 9.59 Å². The first-order valence-corrected chi connectivity index (χ1v) is 23.4. The second-order valence-corrected chi connectivity index (χ2v) is 16.2. The second-order valence-electron chi connectivity index (χ2n) is 16.2. The molecule has 3 unspecified atom stereocenters. The third-order valence-electron chi connectivity index (χ3n) is 10.8. The molecule has 0 bridgehead atoms. The minimum atomic E-state index is -0.783. The van der Waals surface area contributed by atoms with Crippen LogP contribution < -0.4 is 5.32 Å². The van der Waals surface area contributed by atoms with E-state index in [1.807, 2.05) is 0 Å². The third-order valence-corrected chi connectivity index (χ3v) is 10.8. The Morgan fingerprint density at radius 1 is 0.528 bits per heavy atom. The van der Waals surface area contributed by atoms with Crippen LogP contribution in [0.15, 0.2) is 12.2 Å². The van der Waals surface area contributed by atoms with Crippen molar-refractivity contribution in [2.45, 2.75) is 270 Å². The lowest BCUT2D eigenvalue weighted by atomic mass is 10.0. The van der Waals surface area contributed by atoms with Crippen LogP contribution in [0.4, 0.5) is 0 Å². The summed E-state index contributed by atoms with van der Waals surface area (Å²) in [4.78, 5) is 25.9. The number of allylic oxidation sites excluding steroid dienone is 2. The number of carbonyl (C=O) groups is 2. The predicted octanol–water partition coefficient (Wildman–Crippen LogP) is 13.4. The number of rotatable bonds is 42. The Kier molecular flexibility index (Phi) is 40.7. The van der Waals surface area contributed by atoms with Gasteiger partial charge in [0.1, 0.15) is 6.10 Å². The number of unbranched alkanes of at least 4 members (excludes halogenated alkanes) is 28. The molecule has 6 heteroatoms. The molecule has 0 radical (unpaired) electrons. The molecule has 0 aromatic rings. The van der Waals surface area contributed by atoms with E-state index in [-0.39, 0.29) is 24.9 Å². The topological polar surface area (TPSA) is 95.9 Å². The number of nitrogens with one attached hydrogen (secondary N) is 1. The summed E-state index contributed by atoms with van der Waals surface area (Å²) in [5, 5.41) is 23.6. The van der Waals surface area contributed by atoms with Gasteiger partial charge in [0.2, 0.25) is 5.91 Å². The van der Waals surface area contributed by atoms with Crippen LogP contribution in [0.2, 0.25) is 0 Å². The molecule has 0 spiro atoms. The van der Waals surface area contributed by atoms with Crippen molar-refractivity contribution in [2.24, 2.45) is 0 Å². The molecule has 0 saturated heterocycles. The van der Waals surface area contributed by atoms with Crippen molar-refractivity contribution in [3.05, 3.63) is 12.2 Å². The first kappa shape index (κ1) is 51.6. The molecular formula is C47H91NO5. The fourth-order valence-corrected chi connectivity index (χ4v) is 7.23. The summed E-state index contributed by atoms with van der Waals surface area (Å²) in [6.45, 7) is 6.43. The molecule has 0 aliphatic carbocycles. The molecule has 0 rings (SSSR count). The molecule has 0 fully saturated rings. The number of carbonyl (C=O) groups excluding carboxylic acids is 2. The largest absolute Gasteiger partial charge is 0.462 e. The molecule has 0 saturated carbocycles. The minimum Gasteiger partial charge on any atom is -0.462 e. The highest BCUT2D eigenvalue weighted by Gasteiger charge is 2.24. The number of hydrogen-bond donors (Lipinski definition) is 3. The molecule has 3 N–H and O–H groups in total. The van der Waals surface area contributed by atoms with Gasteiger partial charge in [0, 0.05) is 6.42 Å². The summed E-state index contributed by atoms with van der Waals surface area (Å²) in [6, 6.07) is -0.697. The van der Waals surface area contributed by atoms with Crippen LogP contribution in [0.5, 0.6) is 0 Å². The Hall–Kier alpha value is -1.40. The van der Waals surface area contributed by atoms with Gasteiger partial charge in [-0.25, -0.2) is 0 Å². The van der Waals surface area contributed by atoms with Crippen LogP contribution in [0.1, 0.15) is 252 Å². The normalized spacial score (nSPS) is 13.4. The highest BCUT2D eigenvalue weighted by molar-refractivity contribution is 5.77. The standard InChI is InChI=1S/C47H91NO5/c1-4-7-10-13-16-19-21-22-23-24-25-28-31-34-37-40-47(52)53-43(38-35-32-29-26-18-15-12-9-6-3)41-46(51)48-44(42-49)45(50)39-36-33-30-27-20-17-14-11-8-5-2/h15,18,43-45,49-50H,4-14,16-17,19-42H2,1-3H3,(H,48,51)/b18-15-. The monoisotopic (exact) mass is 750 g/mol. The molecule has 0 aliphatic rings. The van der Waals surface area contributed by atoms with Crippen LogP contribution >= 0.6 is 0 Å². The molecule has 0 aromatic carbocycles. The SMILES string of the molecule is CCCC/C=C\CCCCCC(CC(=O)NC(CO)C(O)CCCCCCCCCCCC)OC(=O)CCCCCCCCCCCCCCCCC. The number of ether oxygens (including phenoxy) is 1. The molecule has 1 amide bonds. The zero-order valence-corrected chi connectivity index (χ0v) is 35.7. The van der Waals surface area contributed by atoms with E-state index in [4.69, 9.17) is 4.74 Å². The van der Waals surface area contributed by atoms with E-state index in [9.17, 15) is 19.8 Å². The van der Waals surface area contributed by atoms with E-state index in [1.54, 1.807) is 0 Å². The lowest BCUT2D eigenvalue weighted by Crippen LogP contribution is -2.46. The molecular weight excluding hydrogens is 659 g/mol. The van der Waals surface area contributed by atoms with Crippen molar-refractivity contribution in [2.75, 3.05) is 6.61 Å². The summed E-state index contributed by atoms with van der Waals surface area (Å²) in [5.74, 6) is -0.481. The van der Waals surface area contributed by atoms with Crippen LogP contribution in [0.3, 0.4) is 0 Å². The van der Waals surface area contributed by atoms with Gasteiger partial charge in [-0.2, -0.15) is 0 Å². The third kappa shape index (κ3) is 37.3. The van der Waals surface area contributed by atoms with Gasteiger partial charge in [0.05, 0.1) is 25.2 Å². The van der Waals surface area contributed by atoms with Crippen molar-refractivity contribution in [1.82, 2.24) is 5.32 Å². The minimum absolute atomic E-state index is 0.0724. The zero-order chi connectivity index (χ0) is 38.9. The average Bonchev–Trinajstić information content (AvgIpc) is 3.15. The van der Waals surface area contributed by atoms with Crippen molar-refractivity contribution in [3.63, 3.8) is 0 Å². The van der Waals surface area contributed by atoms with Gasteiger partial charge < -0.3 is 20.3 Å². The summed E-state index contributed by atoms with van der Waals surface area (Å²) in [7, 11) is 0. The van der Waals surface area contributed by atoms with E-state index >= 15 is 0 Å². The first-order valence-electron chi connectivity index (χ1n) is 23.4. The van der Waals surface area contributed by atoms with E-state index in [0.29, 0.717) is 19.3 Å². The van der Waals surface area contributed by atoms with Crippen molar-refractivity contribution in [3.8, 4) is 0 Å². The molecule has 3 atom stereocenters. The lowest BCUT2D eigenvalue weighted by molar-refractivity contribution is -0.151. The van der Waals surface area contributed by atoms with Gasteiger partial charge in [-0.05, 0) is 44.9 Å². The van der Waals surface area contributed by atoms with E-state index in [1.165, 1.54) is 135 Å². The molecule has 314 valence electrons. The van der Waals surface area contributed by atoms with Crippen molar-refractivity contribution in [1.29, 1.82) is 0 Å². The van der Waals surface area contributed by atoms with Crippen LogP contribution in [-0.4, -0.2) is 46.9 Å². The molecule has 0 aliphatic heterocycles. The maximum Gasteiger partial charge on any atom is 0.306 e. The van der Waals surface area contributed by atoms with E-state index in [0.717, 1.165) is 70.6 Å². The fraction of sp³-hybridized carbons (Fsp3) is 0.915. The van der Waals surface area contributed by atoms with Crippen molar-refractivity contribution >= 4 is 11.9 Å². The molecule has 0 aromatic heterocycles. The number of hydrogen-bond acceptors (Lipinski definition) is 5. The van der Waals surface area contributed by atoms with Crippen LogP contribution in [0, 0.1) is 0 Å². The Morgan fingerprint density at radius 2 is 0.925 bits per heavy atom. The molecule has 0 heterocycles. The molecule has 6 nitrogen and oxygen atoms in total. The quantitative estimate of drug-likeness (QED) is 0.0328.